The maximum Gasteiger partial charge on any atom is 0.290 e. The summed E-state index contributed by atoms with van der Waals surface area (Å²) in [7, 11) is 3.11. The van der Waals surface area contributed by atoms with E-state index in [1.54, 1.807) is 50.6 Å². The van der Waals surface area contributed by atoms with Crippen LogP contribution in [0.1, 0.15) is 27.7 Å². The average Bonchev–Trinajstić information content (AvgIpc) is 3.45. The molecule has 2 aromatic carbocycles. The average molecular weight is 468 g/mol. The third kappa shape index (κ3) is 4.19. The summed E-state index contributed by atoms with van der Waals surface area (Å²) in [6, 6.07) is 14.6. The molecule has 0 saturated carbocycles. The first-order valence-electron chi connectivity index (χ1n) is 10.2. The number of carbonyl (C=O) groups excluding carboxylic acids is 2. The molecule has 0 unspecified atom stereocenters. The minimum atomic E-state index is -0.857. The third-order valence-corrected chi connectivity index (χ3v) is 5.93. The summed E-state index contributed by atoms with van der Waals surface area (Å²) >= 11 is 6.44. The summed E-state index contributed by atoms with van der Waals surface area (Å²) in [5, 5.41) is 11.1. The van der Waals surface area contributed by atoms with Crippen LogP contribution in [0, 0.1) is 0 Å². The molecule has 1 atom stereocenters. The first-order valence-corrected chi connectivity index (χ1v) is 10.6. The highest BCUT2D eigenvalue weighted by Gasteiger charge is 2.44. The lowest BCUT2D eigenvalue weighted by Gasteiger charge is -2.27. The number of benzene rings is 2. The third-order valence-electron chi connectivity index (χ3n) is 5.58. The van der Waals surface area contributed by atoms with Crippen molar-refractivity contribution in [3.05, 3.63) is 94.1 Å². The number of aliphatic hydroxyl groups is 1. The summed E-state index contributed by atoms with van der Waals surface area (Å²) in [6.45, 7) is 0.225. The Balaban J connectivity index is 1.69. The molecule has 0 bridgehead atoms. The van der Waals surface area contributed by atoms with Gasteiger partial charge in [0.2, 0.25) is 5.78 Å². The molecule has 170 valence electrons. The van der Waals surface area contributed by atoms with Crippen LogP contribution in [0.3, 0.4) is 0 Å². The number of hydrogen-bond acceptors (Lipinski definition) is 6. The number of halogens is 1. The first kappa shape index (κ1) is 22.5. The van der Waals surface area contributed by atoms with E-state index in [9.17, 15) is 14.7 Å². The van der Waals surface area contributed by atoms with Crippen molar-refractivity contribution in [1.82, 2.24) is 4.90 Å². The Morgan fingerprint density at radius 1 is 1.09 bits per heavy atom. The molecule has 1 amide bonds. The van der Waals surface area contributed by atoms with E-state index >= 15 is 0 Å². The van der Waals surface area contributed by atoms with Gasteiger partial charge in [0.15, 0.2) is 23.0 Å². The molecule has 0 spiro atoms. The predicted molar refractivity (Wildman–Crippen MR) is 122 cm³/mol. The van der Waals surface area contributed by atoms with E-state index in [0.717, 1.165) is 5.56 Å². The molecule has 33 heavy (non-hydrogen) atoms. The van der Waals surface area contributed by atoms with Crippen LogP contribution in [-0.2, 0) is 11.2 Å². The van der Waals surface area contributed by atoms with Crippen molar-refractivity contribution in [2.24, 2.45) is 0 Å². The zero-order valence-electron chi connectivity index (χ0n) is 18.1. The van der Waals surface area contributed by atoms with E-state index < -0.39 is 23.5 Å². The van der Waals surface area contributed by atoms with Crippen LogP contribution in [0.5, 0.6) is 11.5 Å². The van der Waals surface area contributed by atoms with Gasteiger partial charge in [-0.1, -0.05) is 35.9 Å². The van der Waals surface area contributed by atoms with Crippen molar-refractivity contribution in [1.29, 1.82) is 0 Å². The van der Waals surface area contributed by atoms with Crippen molar-refractivity contribution in [3.63, 3.8) is 0 Å². The summed E-state index contributed by atoms with van der Waals surface area (Å²) < 4.78 is 15.9. The van der Waals surface area contributed by atoms with Gasteiger partial charge in [-0.05, 0) is 47.9 Å². The van der Waals surface area contributed by atoms with Gasteiger partial charge in [-0.15, -0.1) is 0 Å². The molecular weight excluding hydrogens is 446 g/mol. The Morgan fingerprint density at radius 2 is 1.85 bits per heavy atom. The SMILES string of the molecule is COc1ccc(CCN2C(=O)C(O)=C(C(=O)c3ccco3)[C@@H]2c2ccccc2Cl)cc1OC. The van der Waals surface area contributed by atoms with E-state index in [0.29, 0.717) is 28.5 Å². The standard InChI is InChI=1S/C25H22ClNO6/c1-31-18-10-9-15(14-20(18)32-2)11-12-27-22(16-6-3-4-7-17(16)26)21(24(29)25(27)30)23(28)19-8-5-13-33-19/h3-10,13-14,22,29H,11-12H2,1-2H3/t22-/m0/s1. The molecule has 0 saturated heterocycles. The summed E-state index contributed by atoms with van der Waals surface area (Å²) in [6.07, 6.45) is 1.81. The Hall–Kier alpha value is -3.71. The van der Waals surface area contributed by atoms with Gasteiger partial charge in [-0.3, -0.25) is 9.59 Å². The fourth-order valence-corrected chi connectivity index (χ4v) is 4.20. The second-order valence-electron chi connectivity index (χ2n) is 7.43. The number of furan rings is 1. The normalized spacial score (nSPS) is 15.8. The molecule has 1 aromatic heterocycles. The van der Waals surface area contributed by atoms with Crippen molar-refractivity contribution >= 4 is 23.3 Å². The second kappa shape index (κ2) is 9.42. The zero-order valence-corrected chi connectivity index (χ0v) is 18.8. The highest BCUT2D eigenvalue weighted by atomic mass is 35.5. The minimum absolute atomic E-state index is 0.0307. The number of amides is 1. The van der Waals surface area contributed by atoms with Gasteiger partial charge >= 0.3 is 0 Å². The van der Waals surface area contributed by atoms with Crippen molar-refractivity contribution in [2.45, 2.75) is 12.5 Å². The molecule has 0 radical (unpaired) electrons. The number of aliphatic hydroxyl groups excluding tert-OH is 1. The monoisotopic (exact) mass is 467 g/mol. The fraction of sp³-hybridized carbons (Fsp3) is 0.200. The number of methoxy groups -OCH3 is 2. The molecule has 3 aromatic rings. The Bertz CT molecular complexity index is 1220. The van der Waals surface area contributed by atoms with Crippen LogP contribution < -0.4 is 9.47 Å². The van der Waals surface area contributed by atoms with Gasteiger partial charge < -0.3 is 23.9 Å². The number of rotatable bonds is 8. The highest BCUT2D eigenvalue weighted by molar-refractivity contribution is 6.31. The lowest BCUT2D eigenvalue weighted by molar-refractivity contribution is -0.129. The molecule has 0 fully saturated rings. The van der Waals surface area contributed by atoms with Crippen LogP contribution in [0.4, 0.5) is 0 Å². The van der Waals surface area contributed by atoms with Crippen molar-refractivity contribution in [3.8, 4) is 11.5 Å². The molecule has 2 heterocycles. The van der Waals surface area contributed by atoms with E-state index in [-0.39, 0.29) is 17.9 Å². The molecule has 1 aliphatic rings. The Kier molecular flexibility index (Phi) is 6.42. The van der Waals surface area contributed by atoms with Gasteiger partial charge in [-0.25, -0.2) is 0 Å². The van der Waals surface area contributed by atoms with Gasteiger partial charge in [0.25, 0.3) is 5.91 Å². The topological polar surface area (TPSA) is 89.2 Å². The highest BCUT2D eigenvalue weighted by Crippen LogP contribution is 2.41. The van der Waals surface area contributed by atoms with E-state index in [2.05, 4.69) is 0 Å². The van der Waals surface area contributed by atoms with E-state index in [1.165, 1.54) is 17.2 Å². The molecule has 1 N–H and O–H groups in total. The summed E-state index contributed by atoms with van der Waals surface area (Å²) in [5.41, 5.74) is 1.37. The van der Waals surface area contributed by atoms with Crippen LogP contribution in [0.2, 0.25) is 5.02 Å². The van der Waals surface area contributed by atoms with E-state index in [1.807, 2.05) is 12.1 Å². The van der Waals surface area contributed by atoms with Crippen LogP contribution in [-0.4, -0.2) is 42.5 Å². The molecule has 1 aliphatic heterocycles. The number of carbonyl (C=O) groups is 2. The van der Waals surface area contributed by atoms with Crippen LogP contribution in [0.25, 0.3) is 0 Å². The maximum absolute atomic E-state index is 13.2. The molecule has 4 rings (SSSR count). The second-order valence-corrected chi connectivity index (χ2v) is 7.84. The number of Topliss-reactive ketones (excluding diaryl/α,β-unsaturated/α-hetero) is 1. The lowest BCUT2D eigenvalue weighted by atomic mass is 9.95. The quantitative estimate of drug-likeness (QED) is 0.480. The van der Waals surface area contributed by atoms with Crippen LogP contribution in [0.15, 0.2) is 76.6 Å². The Morgan fingerprint density at radius 3 is 2.52 bits per heavy atom. The summed E-state index contributed by atoms with van der Waals surface area (Å²) in [4.78, 5) is 27.7. The molecule has 7 nitrogen and oxygen atoms in total. The summed E-state index contributed by atoms with van der Waals surface area (Å²) in [5.74, 6) is -0.616. The van der Waals surface area contributed by atoms with Crippen molar-refractivity contribution < 1.29 is 28.6 Å². The molecule has 8 heteroatoms. The zero-order chi connectivity index (χ0) is 23.5. The first-order chi connectivity index (χ1) is 16.0. The number of hydrogen-bond donors (Lipinski definition) is 1. The van der Waals surface area contributed by atoms with Gasteiger partial charge in [0, 0.05) is 11.6 Å². The minimum Gasteiger partial charge on any atom is -0.503 e. The maximum atomic E-state index is 13.2. The number of ketones is 1. The van der Waals surface area contributed by atoms with Gasteiger partial charge in [0.05, 0.1) is 32.1 Å². The Labute approximate surface area is 195 Å². The van der Waals surface area contributed by atoms with Crippen LogP contribution >= 0.6 is 11.6 Å². The van der Waals surface area contributed by atoms with Gasteiger partial charge in [-0.2, -0.15) is 0 Å². The molecular formula is C25H22ClNO6. The lowest BCUT2D eigenvalue weighted by Crippen LogP contribution is -2.33. The van der Waals surface area contributed by atoms with Crippen molar-refractivity contribution in [2.75, 3.05) is 20.8 Å². The van der Waals surface area contributed by atoms with E-state index in [4.69, 9.17) is 25.5 Å². The number of ether oxygens (including phenoxy) is 2. The largest absolute Gasteiger partial charge is 0.503 e. The fourth-order valence-electron chi connectivity index (χ4n) is 3.96. The van der Waals surface area contributed by atoms with Gasteiger partial charge in [0.1, 0.15) is 0 Å². The predicted octanol–water partition coefficient (Wildman–Crippen LogP) is 4.77. The molecule has 0 aliphatic carbocycles. The smallest absolute Gasteiger partial charge is 0.290 e. The number of nitrogens with zero attached hydrogens (tertiary/aromatic N) is 1.